The quantitative estimate of drug-likeness (QED) is 0.590. The average Bonchev–Trinajstić information content (AvgIpc) is 3.25. The maximum Gasteiger partial charge on any atom is 0.191 e. The molecule has 0 aromatic carbocycles. The second-order valence-electron chi connectivity index (χ2n) is 7.40. The van der Waals surface area contributed by atoms with E-state index in [4.69, 9.17) is 0 Å². The molecule has 6 nitrogen and oxygen atoms in total. The molecule has 1 atom stereocenters. The van der Waals surface area contributed by atoms with Gasteiger partial charge in [-0.2, -0.15) is 5.10 Å². The Morgan fingerprint density at radius 1 is 1.37 bits per heavy atom. The Morgan fingerprint density at radius 2 is 2.22 bits per heavy atom. The number of hydrogen-bond acceptors (Lipinski definition) is 4. The maximum atomic E-state index is 4.48. The first-order valence-electron chi connectivity index (χ1n) is 9.75. The van der Waals surface area contributed by atoms with Gasteiger partial charge in [0.25, 0.3) is 0 Å². The number of likely N-dealkylation sites (tertiary alicyclic amines) is 1. The minimum absolute atomic E-state index is 0.666. The van der Waals surface area contributed by atoms with Crippen molar-refractivity contribution in [3.05, 3.63) is 39.3 Å². The summed E-state index contributed by atoms with van der Waals surface area (Å²) in [5, 5.41) is 13.6. The molecule has 3 rings (SSSR count). The Hall–Kier alpha value is -1.86. The molecule has 0 saturated carbocycles. The van der Waals surface area contributed by atoms with Crippen LogP contribution in [0.1, 0.15) is 34.7 Å². The van der Waals surface area contributed by atoms with Gasteiger partial charge >= 0.3 is 0 Å². The van der Waals surface area contributed by atoms with Crippen LogP contribution >= 0.6 is 11.3 Å². The van der Waals surface area contributed by atoms with Crippen molar-refractivity contribution in [1.82, 2.24) is 25.3 Å². The molecule has 7 heteroatoms. The van der Waals surface area contributed by atoms with Crippen LogP contribution in [0, 0.1) is 19.8 Å². The second kappa shape index (κ2) is 9.37. The van der Waals surface area contributed by atoms with Crippen LogP contribution in [0.2, 0.25) is 0 Å². The molecule has 148 valence electrons. The third kappa shape index (κ3) is 5.32. The Kier molecular flexibility index (Phi) is 6.90. The van der Waals surface area contributed by atoms with Crippen LogP contribution < -0.4 is 10.6 Å². The summed E-state index contributed by atoms with van der Waals surface area (Å²) in [5.41, 5.74) is 3.53. The highest BCUT2D eigenvalue weighted by Crippen LogP contribution is 2.20. The molecule has 0 aliphatic carbocycles. The van der Waals surface area contributed by atoms with Crippen molar-refractivity contribution in [2.75, 3.05) is 26.7 Å². The van der Waals surface area contributed by atoms with Gasteiger partial charge in [0.1, 0.15) is 0 Å². The minimum Gasteiger partial charge on any atom is -0.356 e. The number of aliphatic imine (C=N–C) groups is 1. The van der Waals surface area contributed by atoms with Crippen LogP contribution in [0.4, 0.5) is 0 Å². The van der Waals surface area contributed by atoms with E-state index in [1.807, 2.05) is 30.1 Å². The van der Waals surface area contributed by atoms with E-state index < -0.39 is 0 Å². The van der Waals surface area contributed by atoms with Crippen molar-refractivity contribution >= 4 is 17.3 Å². The van der Waals surface area contributed by atoms with Gasteiger partial charge in [-0.1, -0.05) is 6.07 Å². The number of aryl methyl sites for hydroxylation is 2. The topological polar surface area (TPSA) is 57.5 Å². The van der Waals surface area contributed by atoms with Crippen molar-refractivity contribution in [3.63, 3.8) is 0 Å². The molecule has 1 aliphatic rings. The van der Waals surface area contributed by atoms with Gasteiger partial charge in [-0.05, 0) is 50.6 Å². The first-order chi connectivity index (χ1) is 13.1. The molecule has 1 aliphatic heterocycles. The highest BCUT2D eigenvalue weighted by molar-refractivity contribution is 7.09. The van der Waals surface area contributed by atoms with Gasteiger partial charge in [-0.15, -0.1) is 11.3 Å². The van der Waals surface area contributed by atoms with Crippen molar-refractivity contribution < 1.29 is 0 Å². The van der Waals surface area contributed by atoms with Gasteiger partial charge in [0.2, 0.25) is 0 Å². The lowest BCUT2D eigenvalue weighted by Crippen LogP contribution is -2.44. The van der Waals surface area contributed by atoms with Crippen LogP contribution in [0.15, 0.2) is 22.5 Å². The summed E-state index contributed by atoms with van der Waals surface area (Å²) >= 11 is 1.85. The normalized spacial score (nSPS) is 18.7. The van der Waals surface area contributed by atoms with Crippen LogP contribution in [-0.4, -0.2) is 47.3 Å². The Balaban J connectivity index is 1.46. The molecule has 0 amide bonds. The third-order valence-electron chi connectivity index (χ3n) is 5.44. The zero-order valence-electron chi connectivity index (χ0n) is 17.0. The molecule has 27 heavy (non-hydrogen) atoms. The van der Waals surface area contributed by atoms with Gasteiger partial charge in [-0.3, -0.25) is 14.6 Å². The summed E-state index contributed by atoms with van der Waals surface area (Å²) in [5.74, 6) is 1.53. The molecule has 0 radical (unpaired) electrons. The third-order valence-corrected chi connectivity index (χ3v) is 6.30. The van der Waals surface area contributed by atoms with Gasteiger partial charge in [0.15, 0.2) is 5.96 Å². The second-order valence-corrected chi connectivity index (χ2v) is 8.43. The van der Waals surface area contributed by atoms with E-state index >= 15 is 0 Å². The molecule has 1 saturated heterocycles. The molecule has 0 bridgehead atoms. The lowest BCUT2D eigenvalue weighted by Gasteiger charge is -2.32. The number of piperidine rings is 1. The predicted molar refractivity (Wildman–Crippen MR) is 113 cm³/mol. The van der Waals surface area contributed by atoms with Crippen molar-refractivity contribution in [2.45, 2.75) is 39.8 Å². The standard InChI is InChI=1S/C20H32N6S/c1-15-19(16(2)25(4)24-15)12-23-20(21-3)22-11-17-7-5-9-26(13-17)14-18-8-6-10-27-18/h6,8,10,17H,5,7,9,11-14H2,1-4H3,(H2,21,22,23). The van der Waals surface area contributed by atoms with Crippen molar-refractivity contribution in [3.8, 4) is 0 Å². The number of guanidine groups is 1. The summed E-state index contributed by atoms with van der Waals surface area (Å²) in [6, 6.07) is 4.38. The van der Waals surface area contributed by atoms with Gasteiger partial charge in [-0.25, -0.2) is 0 Å². The van der Waals surface area contributed by atoms with E-state index in [1.54, 1.807) is 0 Å². The average molecular weight is 389 g/mol. The fourth-order valence-corrected chi connectivity index (χ4v) is 4.54. The lowest BCUT2D eigenvalue weighted by atomic mass is 9.98. The van der Waals surface area contributed by atoms with Crippen LogP contribution in [0.25, 0.3) is 0 Å². The van der Waals surface area contributed by atoms with E-state index in [-0.39, 0.29) is 0 Å². The Labute approximate surface area is 166 Å². The number of rotatable bonds is 6. The van der Waals surface area contributed by atoms with Crippen molar-refractivity contribution in [2.24, 2.45) is 18.0 Å². The molecule has 3 heterocycles. The fraction of sp³-hybridized carbons (Fsp3) is 0.600. The van der Waals surface area contributed by atoms with E-state index in [0.717, 1.165) is 37.8 Å². The van der Waals surface area contributed by atoms with E-state index in [9.17, 15) is 0 Å². The molecule has 1 unspecified atom stereocenters. The summed E-state index contributed by atoms with van der Waals surface area (Å²) in [6.45, 7) is 9.33. The smallest absolute Gasteiger partial charge is 0.191 e. The van der Waals surface area contributed by atoms with E-state index in [2.05, 4.69) is 57.0 Å². The first-order valence-corrected chi connectivity index (χ1v) is 10.6. The maximum absolute atomic E-state index is 4.48. The molecular weight excluding hydrogens is 356 g/mol. The van der Waals surface area contributed by atoms with Crippen LogP contribution in [0.5, 0.6) is 0 Å². The Bertz CT molecular complexity index is 749. The largest absolute Gasteiger partial charge is 0.356 e. The van der Waals surface area contributed by atoms with E-state index in [0.29, 0.717) is 5.92 Å². The fourth-order valence-electron chi connectivity index (χ4n) is 3.79. The van der Waals surface area contributed by atoms with E-state index in [1.165, 1.54) is 35.5 Å². The lowest BCUT2D eigenvalue weighted by molar-refractivity contribution is 0.169. The number of nitrogens with one attached hydrogen (secondary N) is 2. The zero-order valence-corrected chi connectivity index (χ0v) is 17.8. The number of hydrogen-bond donors (Lipinski definition) is 2. The SMILES string of the molecule is CN=C(NCc1c(C)nn(C)c1C)NCC1CCCN(Cc2cccs2)C1. The van der Waals surface area contributed by atoms with Crippen LogP contribution in [-0.2, 0) is 20.1 Å². The number of aromatic nitrogens is 2. The molecule has 0 spiro atoms. The summed E-state index contributed by atoms with van der Waals surface area (Å²) in [6.07, 6.45) is 2.56. The monoisotopic (exact) mass is 388 g/mol. The minimum atomic E-state index is 0.666. The highest BCUT2D eigenvalue weighted by Gasteiger charge is 2.20. The van der Waals surface area contributed by atoms with Gasteiger partial charge in [0, 0.05) is 56.4 Å². The predicted octanol–water partition coefficient (Wildman–Crippen LogP) is 2.68. The highest BCUT2D eigenvalue weighted by atomic mass is 32.1. The molecule has 2 aromatic rings. The zero-order chi connectivity index (χ0) is 19.2. The number of thiophene rings is 1. The summed E-state index contributed by atoms with van der Waals surface area (Å²) in [7, 11) is 3.83. The van der Waals surface area contributed by atoms with Crippen LogP contribution in [0.3, 0.4) is 0 Å². The van der Waals surface area contributed by atoms with Crippen molar-refractivity contribution in [1.29, 1.82) is 0 Å². The van der Waals surface area contributed by atoms with Gasteiger partial charge in [0.05, 0.1) is 5.69 Å². The first kappa shape index (κ1) is 19.9. The number of nitrogens with zero attached hydrogens (tertiary/aromatic N) is 4. The molecule has 1 fully saturated rings. The van der Waals surface area contributed by atoms with Gasteiger partial charge < -0.3 is 10.6 Å². The Morgan fingerprint density at radius 3 is 2.89 bits per heavy atom. The summed E-state index contributed by atoms with van der Waals surface area (Å²) < 4.78 is 1.94. The summed E-state index contributed by atoms with van der Waals surface area (Å²) in [4.78, 5) is 8.43. The molecule has 2 N–H and O–H groups in total. The molecular formula is C20H32N6S. The molecule has 2 aromatic heterocycles.